The molecule has 0 saturated carbocycles. The van der Waals surface area contributed by atoms with Crippen LogP contribution in [0, 0.1) is 5.82 Å². The third-order valence-corrected chi connectivity index (χ3v) is 4.82. The highest BCUT2D eigenvalue weighted by molar-refractivity contribution is 7.99. The average Bonchev–Trinajstić information content (AvgIpc) is 2.48. The summed E-state index contributed by atoms with van der Waals surface area (Å²) >= 11 is 1.51. The predicted octanol–water partition coefficient (Wildman–Crippen LogP) is 3.47. The van der Waals surface area contributed by atoms with Crippen molar-refractivity contribution in [3.8, 4) is 5.75 Å². The topological polar surface area (TPSA) is 29.5 Å². The van der Waals surface area contributed by atoms with Crippen LogP contribution >= 0.6 is 11.8 Å². The molecule has 1 aliphatic rings. The molecule has 21 heavy (non-hydrogen) atoms. The molecule has 2 rings (SSSR count). The number of amides is 1. The number of methoxy groups -OCH3 is 1. The minimum Gasteiger partial charge on any atom is -0.496 e. The molecule has 1 aromatic rings. The zero-order valence-electron chi connectivity index (χ0n) is 12.6. The van der Waals surface area contributed by atoms with Gasteiger partial charge in [-0.1, -0.05) is 0 Å². The van der Waals surface area contributed by atoms with Crippen molar-refractivity contribution in [1.82, 2.24) is 4.90 Å². The van der Waals surface area contributed by atoms with Gasteiger partial charge in [0.25, 0.3) is 0 Å². The van der Waals surface area contributed by atoms with Gasteiger partial charge in [-0.25, -0.2) is 4.39 Å². The van der Waals surface area contributed by atoms with Crippen molar-refractivity contribution in [3.05, 3.63) is 29.6 Å². The second-order valence-corrected chi connectivity index (χ2v) is 6.37. The van der Waals surface area contributed by atoms with Crippen LogP contribution in [0.5, 0.6) is 5.75 Å². The van der Waals surface area contributed by atoms with Crippen molar-refractivity contribution in [2.45, 2.75) is 38.0 Å². The lowest BCUT2D eigenvalue weighted by Crippen LogP contribution is -2.42. The maximum Gasteiger partial charge on any atom is 0.232 e. The summed E-state index contributed by atoms with van der Waals surface area (Å²) in [6.07, 6.45) is 3.39. The Morgan fingerprint density at radius 1 is 1.48 bits per heavy atom. The molecule has 1 aromatic carbocycles. The van der Waals surface area contributed by atoms with Gasteiger partial charge < -0.3 is 9.64 Å². The number of hydrogen-bond acceptors (Lipinski definition) is 3. The van der Waals surface area contributed by atoms with Crippen LogP contribution in [-0.2, 0) is 10.5 Å². The van der Waals surface area contributed by atoms with Crippen molar-refractivity contribution < 1.29 is 13.9 Å². The Labute approximate surface area is 129 Å². The van der Waals surface area contributed by atoms with Crippen LogP contribution in [-0.4, -0.2) is 36.3 Å². The van der Waals surface area contributed by atoms with Gasteiger partial charge in [0.1, 0.15) is 11.6 Å². The highest BCUT2D eigenvalue weighted by Gasteiger charge is 2.22. The van der Waals surface area contributed by atoms with Gasteiger partial charge in [0.05, 0.1) is 12.9 Å². The number of piperidine rings is 1. The number of likely N-dealkylation sites (tertiary alicyclic amines) is 1. The Kier molecular flexibility index (Phi) is 5.91. The molecular weight excluding hydrogens is 289 g/mol. The van der Waals surface area contributed by atoms with E-state index in [2.05, 4.69) is 6.92 Å². The second-order valence-electron chi connectivity index (χ2n) is 5.38. The number of carbonyl (C=O) groups excluding carboxylic acids is 1. The van der Waals surface area contributed by atoms with E-state index in [0.29, 0.717) is 23.3 Å². The van der Waals surface area contributed by atoms with E-state index in [-0.39, 0.29) is 11.7 Å². The summed E-state index contributed by atoms with van der Waals surface area (Å²) in [5.74, 6) is 1.59. The number of benzene rings is 1. The molecule has 1 atom stereocenters. The zero-order chi connectivity index (χ0) is 15.2. The summed E-state index contributed by atoms with van der Waals surface area (Å²) in [4.78, 5) is 14.2. The van der Waals surface area contributed by atoms with Gasteiger partial charge >= 0.3 is 0 Å². The van der Waals surface area contributed by atoms with Gasteiger partial charge in [-0.2, -0.15) is 0 Å². The molecular formula is C16H22FNO2S. The molecule has 0 aromatic heterocycles. The van der Waals surface area contributed by atoms with Crippen LogP contribution in [0.2, 0.25) is 0 Å². The van der Waals surface area contributed by atoms with Gasteiger partial charge in [-0.05, 0) is 44.4 Å². The van der Waals surface area contributed by atoms with E-state index < -0.39 is 0 Å². The molecule has 0 spiro atoms. The van der Waals surface area contributed by atoms with Gasteiger partial charge in [0, 0.05) is 23.9 Å². The SMILES string of the molecule is COc1ccc(F)cc1CSCC(=O)N1CCCCC1C. The van der Waals surface area contributed by atoms with Crippen molar-refractivity contribution >= 4 is 17.7 Å². The minimum atomic E-state index is -0.276. The largest absolute Gasteiger partial charge is 0.496 e. The number of ether oxygens (including phenoxy) is 1. The second kappa shape index (κ2) is 7.69. The lowest BCUT2D eigenvalue weighted by atomic mass is 10.0. The van der Waals surface area contributed by atoms with Crippen LogP contribution in [0.25, 0.3) is 0 Å². The fourth-order valence-electron chi connectivity index (χ4n) is 2.66. The van der Waals surface area contributed by atoms with E-state index in [0.717, 1.165) is 24.9 Å². The van der Waals surface area contributed by atoms with E-state index >= 15 is 0 Å². The molecule has 1 unspecified atom stereocenters. The molecule has 1 amide bonds. The number of rotatable bonds is 5. The highest BCUT2D eigenvalue weighted by atomic mass is 32.2. The highest BCUT2D eigenvalue weighted by Crippen LogP contribution is 2.25. The molecule has 3 nitrogen and oxygen atoms in total. The van der Waals surface area contributed by atoms with E-state index in [1.54, 1.807) is 13.2 Å². The summed E-state index contributed by atoms with van der Waals surface area (Å²) < 4.78 is 18.5. The zero-order valence-corrected chi connectivity index (χ0v) is 13.4. The minimum absolute atomic E-state index is 0.183. The maximum absolute atomic E-state index is 13.3. The summed E-state index contributed by atoms with van der Waals surface area (Å²) in [5, 5.41) is 0. The number of carbonyl (C=O) groups is 1. The molecule has 116 valence electrons. The third-order valence-electron chi connectivity index (χ3n) is 3.85. The standard InChI is InChI=1S/C16H22FNO2S/c1-12-5-3-4-8-18(12)16(19)11-21-10-13-9-14(17)6-7-15(13)20-2/h6-7,9,12H,3-5,8,10-11H2,1-2H3. The van der Waals surface area contributed by atoms with Crippen LogP contribution in [0.1, 0.15) is 31.7 Å². The monoisotopic (exact) mass is 311 g/mol. The lowest BCUT2D eigenvalue weighted by molar-refractivity contribution is -0.131. The van der Waals surface area contributed by atoms with Crippen molar-refractivity contribution in [2.75, 3.05) is 19.4 Å². The molecule has 1 saturated heterocycles. The molecule has 1 fully saturated rings. The van der Waals surface area contributed by atoms with E-state index in [1.165, 1.54) is 30.3 Å². The summed E-state index contributed by atoms with van der Waals surface area (Å²) in [6, 6.07) is 4.82. The van der Waals surface area contributed by atoms with E-state index in [4.69, 9.17) is 4.74 Å². The normalized spacial score (nSPS) is 18.6. The fourth-order valence-corrected chi connectivity index (χ4v) is 3.55. The van der Waals surface area contributed by atoms with Crippen LogP contribution in [0.4, 0.5) is 4.39 Å². The molecule has 0 aliphatic carbocycles. The Morgan fingerprint density at radius 3 is 3.00 bits per heavy atom. The third kappa shape index (κ3) is 4.37. The Balaban J connectivity index is 1.86. The molecule has 1 aliphatic heterocycles. The van der Waals surface area contributed by atoms with Crippen LogP contribution in [0.15, 0.2) is 18.2 Å². The number of nitrogens with zero attached hydrogens (tertiary/aromatic N) is 1. The van der Waals surface area contributed by atoms with Gasteiger partial charge in [0.15, 0.2) is 0 Å². The van der Waals surface area contributed by atoms with Crippen molar-refractivity contribution in [3.63, 3.8) is 0 Å². The smallest absolute Gasteiger partial charge is 0.232 e. The van der Waals surface area contributed by atoms with Gasteiger partial charge in [-0.15, -0.1) is 11.8 Å². The quantitative estimate of drug-likeness (QED) is 0.834. The molecule has 5 heteroatoms. The number of thioether (sulfide) groups is 1. The van der Waals surface area contributed by atoms with Gasteiger partial charge in [-0.3, -0.25) is 4.79 Å². The summed E-state index contributed by atoms with van der Waals surface area (Å²) in [7, 11) is 1.57. The fraction of sp³-hybridized carbons (Fsp3) is 0.562. The molecule has 1 heterocycles. The number of hydrogen-bond donors (Lipinski definition) is 0. The summed E-state index contributed by atoms with van der Waals surface area (Å²) in [6.45, 7) is 2.97. The lowest BCUT2D eigenvalue weighted by Gasteiger charge is -2.33. The Morgan fingerprint density at radius 2 is 2.29 bits per heavy atom. The van der Waals surface area contributed by atoms with E-state index in [9.17, 15) is 9.18 Å². The first-order chi connectivity index (χ1) is 10.1. The van der Waals surface area contributed by atoms with Gasteiger partial charge in [0.2, 0.25) is 5.91 Å². The molecule has 0 bridgehead atoms. The molecule has 0 radical (unpaired) electrons. The predicted molar refractivity (Wildman–Crippen MR) is 84.1 cm³/mol. The van der Waals surface area contributed by atoms with Crippen molar-refractivity contribution in [1.29, 1.82) is 0 Å². The van der Waals surface area contributed by atoms with Crippen molar-refractivity contribution in [2.24, 2.45) is 0 Å². The van der Waals surface area contributed by atoms with Crippen LogP contribution < -0.4 is 4.74 Å². The summed E-state index contributed by atoms with van der Waals surface area (Å²) in [5.41, 5.74) is 0.794. The first-order valence-corrected chi connectivity index (χ1v) is 8.47. The van der Waals surface area contributed by atoms with Crippen LogP contribution in [0.3, 0.4) is 0 Å². The number of halogens is 1. The first-order valence-electron chi connectivity index (χ1n) is 7.31. The Hall–Kier alpha value is -1.23. The Bertz CT molecular complexity index is 495. The molecule has 0 N–H and O–H groups in total. The first kappa shape index (κ1) is 16.1. The maximum atomic E-state index is 13.3. The average molecular weight is 311 g/mol. The van der Waals surface area contributed by atoms with E-state index in [1.807, 2.05) is 4.90 Å².